The van der Waals surface area contributed by atoms with Crippen molar-refractivity contribution in [1.82, 2.24) is 5.32 Å². The minimum atomic E-state index is -0.326. The Morgan fingerprint density at radius 3 is 2.88 bits per heavy atom. The first-order valence-corrected chi connectivity index (χ1v) is 9.43. The lowest BCUT2D eigenvalue weighted by atomic mass is 10.2. The largest absolute Gasteiger partial charge is 0.489 e. The van der Waals surface area contributed by atoms with Crippen LogP contribution >= 0.6 is 24.2 Å². The van der Waals surface area contributed by atoms with Crippen molar-refractivity contribution in [2.75, 3.05) is 23.4 Å². The third-order valence-electron chi connectivity index (χ3n) is 3.84. The predicted octanol–water partition coefficient (Wildman–Crippen LogP) is 3.86. The van der Waals surface area contributed by atoms with Crippen molar-refractivity contribution < 1.29 is 13.9 Å². The minimum absolute atomic E-state index is 0. The number of amides is 1. The molecule has 1 amide bonds. The summed E-state index contributed by atoms with van der Waals surface area (Å²) in [6.45, 7) is 1.27. The average molecular weight is 397 g/mol. The number of hydrogen-bond donors (Lipinski definition) is 2. The van der Waals surface area contributed by atoms with Crippen LogP contribution in [0.4, 0.5) is 10.1 Å². The molecule has 7 heteroatoms. The third kappa shape index (κ3) is 6.52. The van der Waals surface area contributed by atoms with Gasteiger partial charge in [0.15, 0.2) is 0 Å². The summed E-state index contributed by atoms with van der Waals surface area (Å²) in [6.07, 6.45) is 0.469. The summed E-state index contributed by atoms with van der Waals surface area (Å²) in [5.41, 5.74) is 1.65. The second-order valence-corrected chi connectivity index (χ2v) is 7.07. The lowest BCUT2D eigenvalue weighted by Crippen LogP contribution is -2.39. The Morgan fingerprint density at radius 1 is 1.27 bits per heavy atom. The van der Waals surface area contributed by atoms with E-state index in [1.807, 2.05) is 36.0 Å². The molecule has 0 aromatic heterocycles. The lowest BCUT2D eigenvalue weighted by Gasteiger charge is -2.22. The third-order valence-corrected chi connectivity index (χ3v) is 4.97. The molecule has 0 aliphatic carbocycles. The van der Waals surface area contributed by atoms with Gasteiger partial charge in [-0.3, -0.25) is 4.79 Å². The highest BCUT2D eigenvalue weighted by atomic mass is 35.5. The molecule has 2 aromatic rings. The van der Waals surface area contributed by atoms with Gasteiger partial charge in [0.05, 0.1) is 0 Å². The number of rotatable bonds is 6. The van der Waals surface area contributed by atoms with Crippen LogP contribution in [0.3, 0.4) is 0 Å². The molecule has 2 aromatic carbocycles. The highest BCUT2D eigenvalue weighted by Crippen LogP contribution is 2.17. The zero-order chi connectivity index (χ0) is 17.5. The highest BCUT2D eigenvalue weighted by Gasteiger charge is 2.16. The Labute approximate surface area is 163 Å². The van der Waals surface area contributed by atoms with Gasteiger partial charge in [-0.15, -0.1) is 12.4 Å². The highest BCUT2D eigenvalue weighted by molar-refractivity contribution is 7.99. The maximum Gasteiger partial charge on any atom is 0.225 e. The van der Waals surface area contributed by atoms with E-state index < -0.39 is 0 Å². The lowest BCUT2D eigenvalue weighted by molar-refractivity contribution is -0.116. The molecule has 1 atom stereocenters. The fourth-order valence-electron chi connectivity index (χ4n) is 2.65. The second-order valence-electron chi connectivity index (χ2n) is 5.92. The van der Waals surface area contributed by atoms with E-state index in [0.29, 0.717) is 18.8 Å². The SMILES string of the molecule is Cl.O=C(CC1CSCCN1)Nc1cccc(COc2cccc(F)c2)c1. The molecule has 1 aliphatic heterocycles. The van der Waals surface area contributed by atoms with Gasteiger partial charge in [0, 0.05) is 42.3 Å². The van der Waals surface area contributed by atoms with Crippen molar-refractivity contribution in [3.8, 4) is 5.75 Å². The Hall–Kier alpha value is -1.76. The second kappa shape index (κ2) is 10.4. The topological polar surface area (TPSA) is 50.4 Å². The summed E-state index contributed by atoms with van der Waals surface area (Å²) < 4.78 is 18.7. The van der Waals surface area contributed by atoms with Gasteiger partial charge < -0.3 is 15.4 Å². The monoisotopic (exact) mass is 396 g/mol. The number of halogens is 2. The van der Waals surface area contributed by atoms with E-state index >= 15 is 0 Å². The van der Waals surface area contributed by atoms with E-state index in [1.54, 1.807) is 12.1 Å². The van der Waals surface area contributed by atoms with Gasteiger partial charge in [0.2, 0.25) is 5.91 Å². The van der Waals surface area contributed by atoms with Gasteiger partial charge in [0.25, 0.3) is 0 Å². The van der Waals surface area contributed by atoms with Crippen LogP contribution in [0.25, 0.3) is 0 Å². The number of ether oxygens (including phenoxy) is 1. The van der Waals surface area contributed by atoms with Gasteiger partial charge >= 0.3 is 0 Å². The van der Waals surface area contributed by atoms with E-state index in [9.17, 15) is 9.18 Å². The van der Waals surface area contributed by atoms with E-state index in [4.69, 9.17) is 4.74 Å². The molecule has 26 heavy (non-hydrogen) atoms. The van der Waals surface area contributed by atoms with Crippen molar-refractivity contribution in [2.45, 2.75) is 19.1 Å². The van der Waals surface area contributed by atoms with Crippen molar-refractivity contribution in [3.05, 3.63) is 59.9 Å². The van der Waals surface area contributed by atoms with Gasteiger partial charge in [-0.1, -0.05) is 18.2 Å². The molecule has 1 heterocycles. The average Bonchev–Trinajstić information content (AvgIpc) is 2.61. The zero-order valence-corrected chi connectivity index (χ0v) is 15.9. The molecule has 0 saturated carbocycles. The van der Waals surface area contributed by atoms with Crippen LogP contribution in [0.5, 0.6) is 5.75 Å². The molecule has 4 nitrogen and oxygen atoms in total. The Morgan fingerprint density at radius 2 is 2.12 bits per heavy atom. The summed E-state index contributed by atoms with van der Waals surface area (Å²) >= 11 is 1.87. The smallest absolute Gasteiger partial charge is 0.225 e. The number of nitrogens with one attached hydrogen (secondary N) is 2. The van der Waals surface area contributed by atoms with Crippen LogP contribution < -0.4 is 15.4 Å². The number of thioether (sulfide) groups is 1. The fourth-order valence-corrected chi connectivity index (χ4v) is 3.60. The Bertz CT molecular complexity index is 726. The van der Waals surface area contributed by atoms with Crippen LogP contribution in [-0.4, -0.2) is 30.0 Å². The van der Waals surface area contributed by atoms with Crippen molar-refractivity contribution in [2.24, 2.45) is 0 Å². The van der Waals surface area contributed by atoms with Gasteiger partial charge in [-0.05, 0) is 29.8 Å². The maximum atomic E-state index is 13.2. The minimum Gasteiger partial charge on any atom is -0.489 e. The fraction of sp³-hybridized carbons (Fsp3) is 0.316. The summed E-state index contributed by atoms with van der Waals surface area (Å²) in [6, 6.07) is 13.8. The molecule has 140 valence electrons. The predicted molar refractivity (Wildman–Crippen MR) is 107 cm³/mol. The van der Waals surface area contributed by atoms with Gasteiger partial charge in [-0.25, -0.2) is 4.39 Å². The first kappa shape index (κ1) is 20.6. The summed E-state index contributed by atoms with van der Waals surface area (Å²) in [5, 5.41) is 6.29. The molecule has 3 rings (SSSR count). The number of carbonyl (C=O) groups excluding carboxylic acids is 1. The Balaban J connectivity index is 0.00000243. The number of benzene rings is 2. The van der Waals surface area contributed by atoms with Crippen LogP contribution in [0.2, 0.25) is 0 Å². The first-order chi connectivity index (χ1) is 12.2. The molecule has 1 unspecified atom stereocenters. The van der Waals surface area contributed by atoms with Crippen LogP contribution in [0.1, 0.15) is 12.0 Å². The van der Waals surface area contributed by atoms with Crippen LogP contribution in [0.15, 0.2) is 48.5 Å². The van der Waals surface area contributed by atoms with Gasteiger partial charge in [0.1, 0.15) is 18.2 Å². The van der Waals surface area contributed by atoms with E-state index in [-0.39, 0.29) is 30.2 Å². The van der Waals surface area contributed by atoms with Crippen molar-refractivity contribution in [3.63, 3.8) is 0 Å². The molecule has 1 saturated heterocycles. The molecule has 1 fully saturated rings. The van der Waals surface area contributed by atoms with Gasteiger partial charge in [-0.2, -0.15) is 11.8 Å². The standard InChI is InChI=1S/C19H21FN2O2S.ClH/c20-15-4-2-6-18(10-15)24-12-14-3-1-5-16(9-14)22-19(23)11-17-13-25-8-7-21-17;/h1-6,9-10,17,21H,7-8,11-13H2,(H,22,23);1H. The van der Waals surface area contributed by atoms with Crippen molar-refractivity contribution >= 4 is 35.8 Å². The summed E-state index contributed by atoms with van der Waals surface area (Å²) in [4.78, 5) is 12.2. The molecular formula is C19H22ClFN2O2S. The van der Waals surface area contributed by atoms with E-state index in [0.717, 1.165) is 29.3 Å². The van der Waals surface area contributed by atoms with Crippen LogP contribution in [0, 0.1) is 5.82 Å². The maximum absolute atomic E-state index is 13.2. The normalized spacial score (nSPS) is 16.4. The number of hydrogen-bond acceptors (Lipinski definition) is 4. The Kier molecular flexibility index (Phi) is 8.22. The quantitative estimate of drug-likeness (QED) is 0.778. The van der Waals surface area contributed by atoms with E-state index in [2.05, 4.69) is 10.6 Å². The zero-order valence-electron chi connectivity index (χ0n) is 14.2. The molecule has 2 N–H and O–H groups in total. The summed E-state index contributed by atoms with van der Waals surface area (Å²) in [5.74, 6) is 2.23. The molecule has 1 aliphatic rings. The first-order valence-electron chi connectivity index (χ1n) is 8.27. The summed E-state index contributed by atoms with van der Waals surface area (Å²) in [7, 11) is 0. The number of carbonyl (C=O) groups is 1. The molecule has 0 spiro atoms. The van der Waals surface area contributed by atoms with Crippen LogP contribution in [-0.2, 0) is 11.4 Å². The molecule has 0 radical (unpaired) electrons. The molecular weight excluding hydrogens is 375 g/mol. The van der Waals surface area contributed by atoms with Crippen molar-refractivity contribution in [1.29, 1.82) is 0 Å². The molecule has 0 bridgehead atoms. The number of anilines is 1. The van der Waals surface area contributed by atoms with E-state index in [1.165, 1.54) is 12.1 Å².